The van der Waals surface area contributed by atoms with E-state index in [2.05, 4.69) is 62.5 Å². The molecule has 0 aliphatic heterocycles. The van der Waals surface area contributed by atoms with Crippen LogP contribution in [0, 0.1) is 0 Å². The summed E-state index contributed by atoms with van der Waals surface area (Å²) in [6, 6.07) is -0.853. The smallest absolute Gasteiger partial charge is 0.456 e. The molecule has 10 heteroatoms. The number of nitrogens with zero attached hydrogens (tertiary/aromatic N) is 1. The molecule has 0 aliphatic rings. The second-order valence-corrected chi connectivity index (χ2v) is 26.6. The van der Waals surface area contributed by atoms with Gasteiger partial charge in [0.1, 0.15) is 19.3 Å². The van der Waals surface area contributed by atoms with E-state index in [1.807, 2.05) is 33.3 Å². The lowest BCUT2D eigenvalue weighted by Crippen LogP contribution is -2.47. The number of rotatable bonds is 64. The third-order valence-electron chi connectivity index (χ3n) is 15.8. The summed E-state index contributed by atoms with van der Waals surface area (Å²) in [4.78, 5) is 37.8. The maximum Gasteiger partial charge on any atom is 0.472 e. The number of nitrogens with one attached hydrogen (secondary N) is 1. The third kappa shape index (κ3) is 62.3. The number of ether oxygens (including phenoxy) is 1. The Labute approximate surface area is 503 Å². The van der Waals surface area contributed by atoms with Crippen LogP contribution in [0.15, 0.2) is 48.6 Å². The zero-order chi connectivity index (χ0) is 59.3. The number of hydrogen-bond donors (Lipinski definition) is 2. The van der Waals surface area contributed by atoms with Crippen molar-refractivity contribution in [3.8, 4) is 0 Å². The van der Waals surface area contributed by atoms with Gasteiger partial charge < -0.3 is 19.4 Å². The Morgan fingerprint density at radius 3 is 1.17 bits per heavy atom. The number of phosphoric ester groups is 1. The Bertz CT molecular complexity index is 1520. The molecule has 0 aliphatic carbocycles. The number of quaternary nitrogens is 1. The van der Waals surface area contributed by atoms with Crippen molar-refractivity contribution in [3.63, 3.8) is 0 Å². The molecule has 476 valence electrons. The summed E-state index contributed by atoms with van der Waals surface area (Å²) in [6.45, 7) is 6.92. The van der Waals surface area contributed by atoms with Gasteiger partial charge in [0.05, 0.1) is 33.8 Å². The Morgan fingerprint density at radius 1 is 0.444 bits per heavy atom. The fourth-order valence-electron chi connectivity index (χ4n) is 10.5. The molecule has 0 saturated heterocycles. The van der Waals surface area contributed by atoms with Gasteiger partial charge in [0.2, 0.25) is 5.91 Å². The van der Waals surface area contributed by atoms with E-state index >= 15 is 0 Å². The van der Waals surface area contributed by atoms with E-state index in [4.69, 9.17) is 13.8 Å². The molecule has 3 atom stereocenters. The number of esters is 1. The number of amides is 1. The van der Waals surface area contributed by atoms with Crippen LogP contribution in [0.2, 0.25) is 0 Å². The van der Waals surface area contributed by atoms with Crippen LogP contribution in [0.4, 0.5) is 0 Å². The number of unbranched alkanes of at least 4 members (excludes halogenated alkanes) is 44. The van der Waals surface area contributed by atoms with Gasteiger partial charge in [-0.3, -0.25) is 18.6 Å². The van der Waals surface area contributed by atoms with Crippen LogP contribution in [0.5, 0.6) is 0 Å². The predicted octanol–water partition coefficient (Wildman–Crippen LogP) is 22.0. The summed E-state index contributed by atoms with van der Waals surface area (Å²) in [5.74, 6) is -0.504. The van der Waals surface area contributed by atoms with Gasteiger partial charge in [0.25, 0.3) is 0 Å². The molecule has 1 amide bonds. The van der Waals surface area contributed by atoms with Gasteiger partial charge in [0.15, 0.2) is 0 Å². The van der Waals surface area contributed by atoms with Crippen LogP contribution in [-0.2, 0) is 27.9 Å². The fourth-order valence-corrected chi connectivity index (χ4v) is 11.2. The van der Waals surface area contributed by atoms with Crippen LogP contribution in [0.25, 0.3) is 0 Å². The van der Waals surface area contributed by atoms with Crippen molar-refractivity contribution in [1.82, 2.24) is 5.32 Å². The molecule has 9 nitrogen and oxygen atoms in total. The highest BCUT2D eigenvalue weighted by Crippen LogP contribution is 2.43. The summed E-state index contributed by atoms with van der Waals surface area (Å²) in [6.07, 6.45) is 77.1. The summed E-state index contributed by atoms with van der Waals surface area (Å²) in [5.41, 5.74) is 0. The van der Waals surface area contributed by atoms with Crippen molar-refractivity contribution in [2.75, 3.05) is 40.9 Å². The second-order valence-electron chi connectivity index (χ2n) is 25.1. The van der Waals surface area contributed by atoms with Crippen LogP contribution < -0.4 is 5.32 Å². The van der Waals surface area contributed by atoms with Crippen molar-refractivity contribution in [2.24, 2.45) is 0 Å². The third-order valence-corrected chi connectivity index (χ3v) is 16.8. The number of hydrogen-bond acceptors (Lipinski definition) is 6. The first-order valence-corrected chi connectivity index (χ1v) is 36.5. The average Bonchev–Trinajstić information content (AvgIpc) is 3.44. The van der Waals surface area contributed by atoms with Crippen LogP contribution in [0.3, 0.4) is 0 Å². The molecule has 0 fully saturated rings. The quantitative estimate of drug-likeness (QED) is 0.0156. The molecule has 0 heterocycles. The minimum atomic E-state index is -4.45. The Balaban J connectivity index is 5.00. The summed E-state index contributed by atoms with van der Waals surface area (Å²) >= 11 is 0. The molecule has 0 rings (SSSR count). The maximum atomic E-state index is 13.6. The standard InChI is InChI=1S/C71H135N2O7P/c1-7-10-13-16-19-22-25-28-30-31-32-33-34-35-36-37-38-39-40-41-43-46-49-52-55-58-61-64-71(75)80-69(62-59-56-53-50-47-44-27-24-21-18-15-12-9-3)68(67-79-81(76,77)78-66-65-73(4,5)6)72-70(74)63-60-57-54-51-48-45-42-29-26-23-20-17-14-11-8-2/h11,14,17,20,23,26,59,62,68-69H,7-10,12-13,15-16,18-19,21-22,24-25,27-58,60-61,63-67H2,1-6H3,(H-,72,74,76,77)/p+1/b14-11+,20-17+,26-23+,62-59-. The number of phosphoric acid groups is 1. The summed E-state index contributed by atoms with van der Waals surface area (Å²) in [5, 5.41) is 3.06. The minimum absolute atomic E-state index is 0.0388. The molecule has 0 bridgehead atoms. The van der Waals surface area contributed by atoms with Crippen LogP contribution in [-0.4, -0.2) is 74.3 Å². The highest BCUT2D eigenvalue weighted by Gasteiger charge is 2.30. The van der Waals surface area contributed by atoms with E-state index in [1.54, 1.807) is 0 Å². The molecule has 3 unspecified atom stereocenters. The van der Waals surface area contributed by atoms with Gasteiger partial charge in [-0.1, -0.05) is 327 Å². The summed E-state index contributed by atoms with van der Waals surface area (Å²) in [7, 11) is 1.50. The molecular weight excluding hydrogens is 1020 g/mol. The normalized spacial score (nSPS) is 13.8. The molecule has 0 aromatic heterocycles. The Kier molecular flexibility index (Phi) is 59.5. The first kappa shape index (κ1) is 79.0. The largest absolute Gasteiger partial charge is 0.472 e. The topological polar surface area (TPSA) is 111 Å². The number of allylic oxidation sites excluding steroid dienone is 7. The first-order valence-electron chi connectivity index (χ1n) is 35.0. The SMILES string of the molecule is CC/C=C/C=C/C=C/CCCCCCCCCC(=O)NC(COP(=O)(O)OCC[N+](C)(C)C)C(/C=C\CCCCCCCCCCCCC)OC(=O)CCCCCCCCCCCCCCCCCCCCCCCCCCCCC. The molecule has 0 spiro atoms. The lowest BCUT2D eigenvalue weighted by atomic mass is 10.0. The zero-order valence-electron chi connectivity index (χ0n) is 54.5. The van der Waals surface area contributed by atoms with Crippen molar-refractivity contribution in [2.45, 2.75) is 354 Å². The van der Waals surface area contributed by atoms with E-state index < -0.39 is 20.0 Å². The fraction of sp³-hybridized carbons (Fsp3) is 0.859. The van der Waals surface area contributed by atoms with Crippen molar-refractivity contribution >= 4 is 19.7 Å². The number of carbonyl (C=O) groups is 2. The van der Waals surface area contributed by atoms with E-state index in [0.29, 0.717) is 23.9 Å². The molecule has 0 aromatic carbocycles. The highest BCUT2D eigenvalue weighted by atomic mass is 31.2. The number of carbonyl (C=O) groups excluding carboxylic acids is 2. The lowest BCUT2D eigenvalue weighted by molar-refractivity contribution is -0.870. The van der Waals surface area contributed by atoms with Gasteiger partial charge in [-0.25, -0.2) is 4.57 Å². The molecular formula is C71H136N2O7P+. The van der Waals surface area contributed by atoms with Crippen LogP contribution in [0.1, 0.15) is 342 Å². The van der Waals surface area contributed by atoms with Gasteiger partial charge in [-0.05, 0) is 51.0 Å². The molecule has 0 radical (unpaired) electrons. The molecule has 0 saturated carbocycles. The van der Waals surface area contributed by atoms with Crippen LogP contribution >= 0.6 is 7.82 Å². The van der Waals surface area contributed by atoms with Gasteiger partial charge in [0, 0.05) is 12.8 Å². The maximum absolute atomic E-state index is 13.6. The van der Waals surface area contributed by atoms with E-state index in [-0.39, 0.29) is 25.1 Å². The lowest BCUT2D eigenvalue weighted by Gasteiger charge is -2.27. The van der Waals surface area contributed by atoms with E-state index in [1.165, 1.54) is 231 Å². The minimum Gasteiger partial charge on any atom is -0.456 e. The Hall–Kier alpha value is -2.03. The van der Waals surface area contributed by atoms with E-state index in [9.17, 15) is 19.0 Å². The number of likely N-dealkylation sites (N-methyl/N-ethyl adjacent to an activating group) is 1. The molecule has 81 heavy (non-hydrogen) atoms. The monoisotopic (exact) mass is 1160 g/mol. The van der Waals surface area contributed by atoms with E-state index in [0.717, 1.165) is 77.0 Å². The second kappa shape index (κ2) is 61.1. The first-order chi connectivity index (χ1) is 39.4. The Morgan fingerprint density at radius 2 is 0.790 bits per heavy atom. The summed E-state index contributed by atoms with van der Waals surface area (Å²) < 4.78 is 30.8. The average molecular weight is 1160 g/mol. The van der Waals surface area contributed by atoms with Crippen molar-refractivity contribution < 1.29 is 37.3 Å². The van der Waals surface area contributed by atoms with Gasteiger partial charge in [-0.15, -0.1) is 0 Å². The molecule has 0 aromatic rings. The van der Waals surface area contributed by atoms with Gasteiger partial charge >= 0.3 is 13.8 Å². The predicted molar refractivity (Wildman–Crippen MR) is 351 cm³/mol. The highest BCUT2D eigenvalue weighted by molar-refractivity contribution is 7.47. The van der Waals surface area contributed by atoms with Gasteiger partial charge in [-0.2, -0.15) is 0 Å². The van der Waals surface area contributed by atoms with Crippen molar-refractivity contribution in [3.05, 3.63) is 48.6 Å². The zero-order valence-corrected chi connectivity index (χ0v) is 55.4. The van der Waals surface area contributed by atoms with Crippen molar-refractivity contribution in [1.29, 1.82) is 0 Å². The molecule has 2 N–H and O–H groups in total.